The van der Waals surface area contributed by atoms with E-state index in [4.69, 9.17) is 5.11 Å². The van der Waals surface area contributed by atoms with Crippen molar-refractivity contribution in [3.8, 4) is 0 Å². The molecule has 0 spiro atoms. The molecule has 3 nitrogen and oxygen atoms in total. The highest BCUT2D eigenvalue weighted by atomic mass is 16.3. The van der Waals surface area contributed by atoms with Gasteiger partial charge in [0.1, 0.15) is 6.29 Å². The van der Waals surface area contributed by atoms with Crippen molar-refractivity contribution >= 4 is 12.0 Å². The summed E-state index contributed by atoms with van der Waals surface area (Å²) in [5.74, 6) is 0. The van der Waals surface area contributed by atoms with E-state index in [1.54, 1.807) is 0 Å². The van der Waals surface area contributed by atoms with Crippen LogP contribution in [0.2, 0.25) is 0 Å². The number of aliphatic hydroxyl groups is 1. The number of hydrogen-bond acceptors (Lipinski definition) is 3. The molecule has 0 saturated heterocycles. The van der Waals surface area contributed by atoms with Crippen LogP contribution in [0.25, 0.3) is 0 Å². The molecule has 0 aliphatic heterocycles. The van der Waals surface area contributed by atoms with Gasteiger partial charge in [-0.3, -0.25) is 4.79 Å². The van der Waals surface area contributed by atoms with E-state index in [0.29, 0.717) is 11.6 Å². The Bertz CT molecular complexity index is 374. The summed E-state index contributed by atoms with van der Waals surface area (Å²) < 4.78 is 0. The quantitative estimate of drug-likeness (QED) is 0.770. The first-order chi connectivity index (χ1) is 8.10. The standard InChI is InChI=1S/C14H21NO2/c1-11(2)15(7-4-8-16)14-6-5-13(10-17)9-12(14)3/h5-6,9-11,16H,4,7-8H2,1-3H3. The summed E-state index contributed by atoms with van der Waals surface area (Å²) in [6.07, 6.45) is 1.62. The van der Waals surface area contributed by atoms with Crippen molar-refractivity contribution < 1.29 is 9.90 Å². The molecule has 0 unspecified atom stereocenters. The number of aliphatic hydroxyl groups excluding tert-OH is 1. The van der Waals surface area contributed by atoms with Crippen LogP contribution in [0.4, 0.5) is 5.69 Å². The second kappa shape index (κ2) is 6.40. The fourth-order valence-electron chi connectivity index (χ4n) is 1.97. The second-order valence-corrected chi connectivity index (χ2v) is 4.53. The van der Waals surface area contributed by atoms with E-state index in [9.17, 15) is 4.79 Å². The minimum absolute atomic E-state index is 0.203. The van der Waals surface area contributed by atoms with Gasteiger partial charge in [0.05, 0.1) is 0 Å². The number of benzene rings is 1. The molecule has 0 fully saturated rings. The second-order valence-electron chi connectivity index (χ2n) is 4.53. The molecule has 1 N–H and O–H groups in total. The Morgan fingerprint density at radius 1 is 1.41 bits per heavy atom. The summed E-state index contributed by atoms with van der Waals surface area (Å²) in [7, 11) is 0. The van der Waals surface area contributed by atoms with E-state index in [1.165, 1.54) is 0 Å². The van der Waals surface area contributed by atoms with Crippen LogP contribution >= 0.6 is 0 Å². The molecule has 1 aromatic carbocycles. The molecule has 0 aromatic heterocycles. The van der Waals surface area contributed by atoms with Gasteiger partial charge in [0.15, 0.2) is 0 Å². The zero-order valence-corrected chi connectivity index (χ0v) is 10.8. The van der Waals surface area contributed by atoms with E-state index in [2.05, 4.69) is 18.7 Å². The molecule has 0 heterocycles. The Balaban J connectivity index is 2.97. The van der Waals surface area contributed by atoms with Gasteiger partial charge < -0.3 is 10.0 Å². The summed E-state index contributed by atoms with van der Waals surface area (Å²) in [6, 6.07) is 6.10. The van der Waals surface area contributed by atoms with E-state index in [-0.39, 0.29) is 6.61 Å². The summed E-state index contributed by atoms with van der Waals surface area (Å²) in [4.78, 5) is 12.9. The number of anilines is 1. The average Bonchev–Trinajstić information content (AvgIpc) is 2.30. The predicted molar refractivity (Wildman–Crippen MR) is 70.8 cm³/mol. The van der Waals surface area contributed by atoms with Crippen molar-refractivity contribution in [2.24, 2.45) is 0 Å². The number of aldehydes is 1. The zero-order chi connectivity index (χ0) is 12.8. The lowest BCUT2D eigenvalue weighted by Crippen LogP contribution is -2.32. The van der Waals surface area contributed by atoms with Crippen LogP contribution in [0.15, 0.2) is 18.2 Å². The van der Waals surface area contributed by atoms with Crippen molar-refractivity contribution in [3.05, 3.63) is 29.3 Å². The van der Waals surface area contributed by atoms with Crippen LogP contribution in [0.3, 0.4) is 0 Å². The third kappa shape index (κ3) is 3.56. The van der Waals surface area contributed by atoms with Crippen LogP contribution in [-0.4, -0.2) is 30.6 Å². The van der Waals surface area contributed by atoms with Gasteiger partial charge in [-0.25, -0.2) is 0 Å². The lowest BCUT2D eigenvalue weighted by atomic mass is 10.1. The van der Waals surface area contributed by atoms with Gasteiger partial charge in [-0.15, -0.1) is 0 Å². The third-order valence-corrected chi connectivity index (χ3v) is 2.85. The lowest BCUT2D eigenvalue weighted by Gasteiger charge is -2.30. The number of nitrogens with zero attached hydrogens (tertiary/aromatic N) is 1. The van der Waals surface area contributed by atoms with Crippen molar-refractivity contribution in [1.82, 2.24) is 0 Å². The topological polar surface area (TPSA) is 40.5 Å². The first-order valence-corrected chi connectivity index (χ1v) is 6.03. The average molecular weight is 235 g/mol. The molecule has 0 bridgehead atoms. The van der Waals surface area contributed by atoms with Crippen LogP contribution in [-0.2, 0) is 0 Å². The van der Waals surface area contributed by atoms with E-state index in [1.807, 2.05) is 25.1 Å². The fourth-order valence-corrected chi connectivity index (χ4v) is 1.97. The third-order valence-electron chi connectivity index (χ3n) is 2.85. The first kappa shape index (κ1) is 13.7. The molecule has 0 atom stereocenters. The monoisotopic (exact) mass is 235 g/mol. The Kier molecular flexibility index (Phi) is 5.16. The fraction of sp³-hybridized carbons (Fsp3) is 0.500. The number of hydrogen-bond donors (Lipinski definition) is 1. The minimum atomic E-state index is 0.203. The van der Waals surface area contributed by atoms with Gasteiger partial charge in [0.2, 0.25) is 0 Å². The summed E-state index contributed by atoms with van der Waals surface area (Å²) >= 11 is 0. The predicted octanol–water partition coefficient (Wildman–Crippen LogP) is 2.40. The lowest BCUT2D eigenvalue weighted by molar-refractivity contribution is 0.112. The minimum Gasteiger partial charge on any atom is -0.396 e. The van der Waals surface area contributed by atoms with E-state index >= 15 is 0 Å². The Morgan fingerprint density at radius 2 is 2.12 bits per heavy atom. The Labute approximate surface area is 103 Å². The number of aryl methyl sites for hydroxylation is 1. The Hall–Kier alpha value is -1.35. The van der Waals surface area contributed by atoms with Gasteiger partial charge in [-0.2, -0.15) is 0 Å². The van der Waals surface area contributed by atoms with Crippen LogP contribution in [0, 0.1) is 6.92 Å². The molecule has 1 rings (SSSR count). The van der Waals surface area contributed by atoms with Crippen LogP contribution in [0.5, 0.6) is 0 Å². The van der Waals surface area contributed by atoms with Crippen molar-refractivity contribution in [3.63, 3.8) is 0 Å². The van der Waals surface area contributed by atoms with Gasteiger partial charge in [-0.1, -0.05) is 0 Å². The van der Waals surface area contributed by atoms with E-state index in [0.717, 1.165) is 30.5 Å². The maximum atomic E-state index is 10.7. The molecule has 0 saturated carbocycles. The smallest absolute Gasteiger partial charge is 0.150 e. The van der Waals surface area contributed by atoms with Gasteiger partial charge in [0, 0.05) is 30.4 Å². The summed E-state index contributed by atoms with van der Waals surface area (Å²) in [6.45, 7) is 7.30. The molecule has 1 aromatic rings. The number of carbonyl (C=O) groups excluding carboxylic acids is 1. The van der Waals surface area contributed by atoms with Crippen LogP contribution in [0.1, 0.15) is 36.2 Å². The molecule has 0 radical (unpaired) electrons. The zero-order valence-electron chi connectivity index (χ0n) is 10.8. The number of carbonyl (C=O) groups is 1. The molecule has 17 heavy (non-hydrogen) atoms. The largest absolute Gasteiger partial charge is 0.396 e. The molecule has 94 valence electrons. The van der Waals surface area contributed by atoms with E-state index < -0.39 is 0 Å². The summed E-state index contributed by atoms with van der Waals surface area (Å²) in [5, 5.41) is 8.92. The van der Waals surface area contributed by atoms with Gasteiger partial charge in [0.25, 0.3) is 0 Å². The summed E-state index contributed by atoms with van der Waals surface area (Å²) in [5.41, 5.74) is 2.94. The highest BCUT2D eigenvalue weighted by molar-refractivity contribution is 5.77. The van der Waals surface area contributed by atoms with Gasteiger partial charge >= 0.3 is 0 Å². The molecular weight excluding hydrogens is 214 g/mol. The molecule has 0 amide bonds. The highest BCUT2D eigenvalue weighted by Gasteiger charge is 2.12. The molecule has 0 aliphatic carbocycles. The Morgan fingerprint density at radius 3 is 2.59 bits per heavy atom. The van der Waals surface area contributed by atoms with Gasteiger partial charge in [-0.05, 0) is 51.0 Å². The molecular formula is C14H21NO2. The maximum absolute atomic E-state index is 10.7. The normalized spacial score (nSPS) is 10.6. The molecule has 0 aliphatic rings. The van der Waals surface area contributed by atoms with Crippen molar-refractivity contribution in [2.75, 3.05) is 18.1 Å². The highest BCUT2D eigenvalue weighted by Crippen LogP contribution is 2.23. The van der Waals surface area contributed by atoms with Crippen LogP contribution < -0.4 is 4.90 Å². The van der Waals surface area contributed by atoms with Crippen molar-refractivity contribution in [1.29, 1.82) is 0 Å². The number of rotatable bonds is 6. The SMILES string of the molecule is Cc1cc(C=O)ccc1N(CCCO)C(C)C. The molecule has 3 heteroatoms. The maximum Gasteiger partial charge on any atom is 0.150 e. The van der Waals surface area contributed by atoms with Crippen molar-refractivity contribution in [2.45, 2.75) is 33.2 Å². The first-order valence-electron chi connectivity index (χ1n) is 6.03.